The molecule has 0 bridgehead atoms. The summed E-state index contributed by atoms with van der Waals surface area (Å²) in [5, 5.41) is 3.11. The summed E-state index contributed by atoms with van der Waals surface area (Å²) in [6.45, 7) is 8.10. The molecular formula is C17H25FN2O. The Hall–Kier alpha value is -1.42. The molecule has 116 valence electrons. The molecule has 1 atom stereocenters. The van der Waals surface area contributed by atoms with E-state index in [4.69, 9.17) is 0 Å². The molecule has 1 heterocycles. The molecule has 0 radical (unpaired) electrons. The van der Waals surface area contributed by atoms with E-state index >= 15 is 0 Å². The summed E-state index contributed by atoms with van der Waals surface area (Å²) in [4.78, 5) is 14.3. The van der Waals surface area contributed by atoms with Crippen LogP contribution in [0.3, 0.4) is 0 Å². The van der Waals surface area contributed by atoms with Gasteiger partial charge in [-0.3, -0.25) is 9.69 Å². The van der Waals surface area contributed by atoms with Gasteiger partial charge in [0.25, 0.3) is 0 Å². The van der Waals surface area contributed by atoms with Crippen molar-refractivity contribution in [2.75, 3.05) is 13.1 Å². The smallest absolute Gasteiger partial charge is 0.225 e. The van der Waals surface area contributed by atoms with Crippen LogP contribution in [0.4, 0.5) is 4.39 Å². The molecule has 4 heteroatoms. The summed E-state index contributed by atoms with van der Waals surface area (Å²) in [6, 6.07) is 7.06. The third-order valence-corrected chi connectivity index (χ3v) is 3.87. The van der Waals surface area contributed by atoms with Crippen LogP contribution >= 0.6 is 0 Å². The summed E-state index contributed by atoms with van der Waals surface area (Å²) in [5.41, 5.74) is 0.355. The van der Waals surface area contributed by atoms with Crippen molar-refractivity contribution >= 4 is 5.91 Å². The number of benzene rings is 1. The molecule has 1 aromatic rings. The highest BCUT2D eigenvalue weighted by molar-refractivity contribution is 5.81. The first-order valence-electron chi connectivity index (χ1n) is 7.63. The number of carbonyl (C=O) groups excluding carboxylic acids is 1. The van der Waals surface area contributed by atoms with E-state index in [2.05, 4.69) is 10.2 Å². The van der Waals surface area contributed by atoms with Gasteiger partial charge >= 0.3 is 0 Å². The Labute approximate surface area is 126 Å². The molecule has 3 nitrogen and oxygen atoms in total. The largest absolute Gasteiger partial charge is 0.352 e. The second kappa shape index (κ2) is 6.56. The number of amides is 1. The van der Waals surface area contributed by atoms with Gasteiger partial charge in [-0.2, -0.15) is 0 Å². The number of nitrogens with zero attached hydrogens (tertiary/aromatic N) is 1. The van der Waals surface area contributed by atoms with Gasteiger partial charge < -0.3 is 5.32 Å². The normalized spacial score (nSPS) is 20.3. The first kappa shape index (κ1) is 16.0. The lowest BCUT2D eigenvalue weighted by molar-refractivity contribution is -0.129. The van der Waals surface area contributed by atoms with E-state index in [1.807, 2.05) is 32.9 Å². The zero-order valence-electron chi connectivity index (χ0n) is 13.2. The Morgan fingerprint density at radius 3 is 2.76 bits per heavy atom. The van der Waals surface area contributed by atoms with Crippen molar-refractivity contribution in [3.05, 3.63) is 35.6 Å². The van der Waals surface area contributed by atoms with Gasteiger partial charge in [-0.15, -0.1) is 0 Å². The standard InChI is InChI=1S/C17H25FN2O/c1-17(2,3)16(21)19-14-8-6-10-20(12-14)11-13-7-4-5-9-15(13)18/h4-5,7,9,14H,6,8,10-12H2,1-3H3,(H,19,21). The molecule has 1 aromatic carbocycles. The molecule has 0 aliphatic carbocycles. The van der Waals surface area contributed by atoms with Crippen LogP contribution in [0.5, 0.6) is 0 Å². The second-order valence-corrected chi connectivity index (χ2v) is 6.89. The lowest BCUT2D eigenvalue weighted by Crippen LogP contribution is -2.50. The van der Waals surface area contributed by atoms with Crippen molar-refractivity contribution in [3.8, 4) is 0 Å². The minimum Gasteiger partial charge on any atom is -0.352 e. The molecule has 1 saturated heterocycles. The van der Waals surface area contributed by atoms with E-state index in [1.54, 1.807) is 6.07 Å². The number of hydrogen-bond acceptors (Lipinski definition) is 2. The predicted molar refractivity (Wildman–Crippen MR) is 82.3 cm³/mol. The van der Waals surface area contributed by atoms with Gasteiger partial charge in [-0.1, -0.05) is 39.0 Å². The van der Waals surface area contributed by atoms with Crippen LogP contribution in [-0.4, -0.2) is 29.9 Å². The average molecular weight is 292 g/mol. The van der Waals surface area contributed by atoms with Crippen LogP contribution < -0.4 is 5.32 Å². The van der Waals surface area contributed by atoms with E-state index in [-0.39, 0.29) is 23.2 Å². The quantitative estimate of drug-likeness (QED) is 0.929. The molecule has 21 heavy (non-hydrogen) atoms. The predicted octanol–water partition coefficient (Wildman–Crippen LogP) is 2.95. The monoisotopic (exact) mass is 292 g/mol. The lowest BCUT2D eigenvalue weighted by atomic mass is 9.94. The number of likely N-dealkylation sites (tertiary alicyclic amines) is 1. The number of hydrogen-bond donors (Lipinski definition) is 1. The van der Waals surface area contributed by atoms with Crippen LogP contribution in [0, 0.1) is 11.2 Å². The second-order valence-electron chi connectivity index (χ2n) is 6.89. The Kier molecular flexibility index (Phi) is 4.99. The highest BCUT2D eigenvalue weighted by atomic mass is 19.1. The third kappa shape index (κ3) is 4.53. The fraction of sp³-hybridized carbons (Fsp3) is 0.588. The summed E-state index contributed by atoms with van der Waals surface area (Å²) >= 11 is 0. The maximum absolute atomic E-state index is 13.7. The fourth-order valence-electron chi connectivity index (χ4n) is 2.59. The molecule has 1 amide bonds. The SMILES string of the molecule is CC(C)(C)C(=O)NC1CCCN(Cc2ccccc2F)C1. The van der Waals surface area contributed by atoms with Crippen molar-refractivity contribution in [3.63, 3.8) is 0 Å². The maximum Gasteiger partial charge on any atom is 0.225 e. The number of piperidine rings is 1. The number of nitrogens with one attached hydrogen (secondary N) is 1. The van der Waals surface area contributed by atoms with Crippen molar-refractivity contribution < 1.29 is 9.18 Å². The van der Waals surface area contributed by atoms with Gasteiger partial charge in [0, 0.05) is 30.1 Å². The molecule has 1 aliphatic rings. The summed E-state index contributed by atoms with van der Waals surface area (Å²) < 4.78 is 13.7. The van der Waals surface area contributed by atoms with E-state index in [9.17, 15) is 9.18 Å². The average Bonchev–Trinajstić information content (AvgIpc) is 2.41. The lowest BCUT2D eigenvalue weighted by Gasteiger charge is -2.34. The van der Waals surface area contributed by atoms with Gasteiger partial charge in [-0.25, -0.2) is 4.39 Å². The molecule has 0 saturated carbocycles. The first-order valence-corrected chi connectivity index (χ1v) is 7.63. The van der Waals surface area contributed by atoms with Gasteiger partial charge in [0.2, 0.25) is 5.91 Å². The van der Waals surface area contributed by atoms with Crippen molar-refractivity contribution in [2.24, 2.45) is 5.41 Å². The van der Waals surface area contributed by atoms with E-state index in [1.165, 1.54) is 6.07 Å². The van der Waals surface area contributed by atoms with Crippen LogP contribution in [0.25, 0.3) is 0 Å². The zero-order chi connectivity index (χ0) is 15.5. The number of carbonyl (C=O) groups is 1. The number of rotatable bonds is 3. The van der Waals surface area contributed by atoms with Crippen LogP contribution in [-0.2, 0) is 11.3 Å². The van der Waals surface area contributed by atoms with Crippen molar-refractivity contribution in [1.82, 2.24) is 10.2 Å². The van der Waals surface area contributed by atoms with Gasteiger partial charge in [0.1, 0.15) is 5.82 Å². The Morgan fingerprint density at radius 2 is 2.10 bits per heavy atom. The Balaban J connectivity index is 1.92. The van der Waals surface area contributed by atoms with Gasteiger partial charge in [0.05, 0.1) is 0 Å². The van der Waals surface area contributed by atoms with Gasteiger partial charge in [-0.05, 0) is 25.5 Å². The summed E-state index contributed by atoms with van der Waals surface area (Å²) in [6.07, 6.45) is 2.03. The zero-order valence-corrected chi connectivity index (χ0v) is 13.2. The Morgan fingerprint density at radius 1 is 1.38 bits per heavy atom. The number of halogens is 1. The minimum absolute atomic E-state index is 0.0836. The molecule has 2 rings (SSSR count). The highest BCUT2D eigenvalue weighted by Gasteiger charge is 2.27. The van der Waals surface area contributed by atoms with Crippen LogP contribution in [0.15, 0.2) is 24.3 Å². The molecular weight excluding hydrogens is 267 g/mol. The molecule has 1 fully saturated rings. The summed E-state index contributed by atoms with van der Waals surface area (Å²) in [5.74, 6) is -0.0707. The van der Waals surface area contributed by atoms with Crippen LogP contribution in [0.1, 0.15) is 39.2 Å². The van der Waals surface area contributed by atoms with Crippen LogP contribution in [0.2, 0.25) is 0 Å². The topological polar surface area (TPSA) is 32.3 Å². The van der Waals surface area contributed by atoms with Crippen molar-refractivity contribution in [2.45, 2.75) is 46.2 Å². The molecule has 1 unspecified atom stereocenters. The van der Waals surface area contributed by atoms with E-state index < -0.39 is 0 Å². The molecule has 1 N–H and O–H groups in total. The minimum atomic E-state index is -0.367. The van der Waals surface area contributed by atoms with Crippen molar-refractivity contribution in [1.29, 1.82) is 0 Å². The van der Waals surface area contributed by atoms with E-state index in [0.717, 1.165) is 31.5 Å². The molecule has 0 aromatic heterocycles. The maximum atomic E-state index is 13.7. The summed E-state index contributed by atoms with van der Waals surface area (Å²) in [7, 11) is 0. The highest BCUT2D eigenvalue weighted by Crippen LogP contribution is 2.18. The molecule has 1 aliphatic heterocycles. The fourth-order valence-corrected chi connectivity index (χ4v) is 2.59. The van der Waals surface area contributed by atoms with Gasteiger partial charge in [0.15, 0.2) is 0 Å². The first-order chi connectivity index (χ1) is 9.86. The third-order valence-electron chi connectivity index (χ3n) is 3.87. The Bertz CT molecular complexity index is 496. The molecule has 0 spiro atoms. The van der Waals surface area contributed by atoms with E-state index in [0.29, 0.717) is 6.54 Å².